The molecule has 0 heterocycles. The summed E-state index contributed by atoms with van der Waals surface area (Å²) in [4.78, 5) is 12.5. The van der Waals surface area contributed by atoms with Crippen molar-refractivity contribution in [2.75, 3.05) is 6.61 Å². The zero-order chi connectivity index (χ0) is 23.7. The fraction of sp³-hybridized carbons (Fsp3) is 0.967. The molecule has 0 saturated heterocycles. The summed E-state index contributed by atoms with van der Waals surface area (Å²) in [5, 5.41) is 0. The number of hydrogen-bond acceptors (Lipinski definition) is 2. The van der Waals surface area contributed by atoms with E-state index in [0.717, 1.165) is 6.42 Å². The Bertz CT molecular complexity index is 379. The summed E-state index contributed by atoms with van der Waals surface area (Å²) in [7, 11) is 0. The largest absolute Gasteiger partial charge is 0.465 e. The quantitative estimate of drug-likeness (QED) is 0.102. The number of esters is 1. The van der Waals surface area contributed by atoms with Gasteiger partial charge in [-0.3, -0.25) is 4.79 Å². The molecule has 0 saturated carbocycles. The van der Waals surface area contributed by atoms with E-state index < -0.39 is 0 Å². The first-order valence-electron chi connectivity index (χ1n) is 14.8. The van der Waals surface area contributed by atoms with Gasteiger partial charge in [-0.25, -0.2) is 0 Å². The molecule has 32 heavy (non-hydrogen) atoms. The second-order valence-corrected chi connectivity index (χ2v) is 10.4. The van der Waals surface area contributed by atoms with Crippen LogP contribution in [0.25, 0.3) is 0 Å². The van der Waals surface area contributed by atoms with E-state index in [0.29, 0.717) is 12.5 Å². The van der Waals surface area contributed by atoms with Crippen LogP contribution in [0, 0.1) is 11.8 Å². The lowest BCUT2D eigenvalue weighted by molar-refractivity contribution is -0.149. The molecule has 0 N–H and O–H groups in total. The van der Waals surface area contributed by atoms with E-state index in [4.69, 9.17) is 4.74 Å². The number of ether oxygens (including phenoxy) is 1. The van der Waals surface area contributed by atoms with Crippen molar-refractivity contribution in [2.45, 2.75) is 169 Å². The summed E-state index contributed by atoms with van der Waals surface area (Å²) >= 11 is 0. The maximum absolute atomic E-state index is 12.5. The molecule has 192 valence electrons. The summed E-state index contributed by atoms with van der Waals surface area (Å²) in [6, 6.07) is 0. The van der Waals surface area contributed by atoms with Crippen LogP contribution >= 0.6 is 0 Å². The highest BCUT2D eigenvalue weighted by molar-refractivity contribution is 5.71. The second kappa shape index (κ2) is 25.1. The zero-order valence-corrected chi connectivity index (χ0v) is 22.7. The molecule has 2 nitrogen and oxygen atoms in total. The third-order valence-electron chi connectivity index (χ3n) is 7.04. The standard InChI is InChI=1S/C30H60O2/c1-5-8-11-13-15-16-17-18-19-22-24-28(4)30(31)32-27-29(25-21-10-7-3)26-23-20-14-12-9-6-2/h28-29H,5-27H2,1-4H3. The molecule has 0 fully saturated rings. The van der Waals surface area contributed by atoms with Gasteiger partial charge in [0.25, 0.3) is 0 Å². The third kappa shape index (κ3) is 21.3. The van der Waals surface area contributed by atoms with Gasteiger partial charge in [-0.1, -0.05) is 150 Å². The second-order valence-electron chi connectivity index (χ2n) is 10.4. The van der Waals surface area contributed by atoms with Crippen molar-refractivity contribution < 1.29 is 9.53 Å². The van der Waals surface area contributed by atoms with Gasteiger partial charge in [-0.2, -0.15) is 0 Å². The van der Waals surface area contributed by atoms with Crippen LogP contribution in [-0.2, 0) is 9.53 Å². The average molecular weight is 453 g/mol. The lowest BCUT2D eigenvalue weighted by Gasteiger charge is -2.19. The molecule has 0 radical (unpaired) electrons. The van der Waals surface area contributed by atoms with E-state index in [9.17, 15) is 4.79 Å². The highest BCUT2D eigenvalue weighted by Gasteiger charge is 2.17. The minimum atomic E-state index is 0.0457. The predicted octanol–water partition coefficient (Wildman–Crippen LogP) is 10.4. The Morgan fingerprint density at radius 2 is 0.875 bits per heavy atom. The van der Waals surface area contributed by atoms with E-state index >= 15 is 0 Å². The Hall–Kier alpha value is -0.530. The van der Waals surface area contributed by atoms with Gasteiger partial charge in [0.2, 0.25) is 0 Å². The minimum Gasteiger partial charge on any atom is -0.465 e. The van der Waals surface area contributed by atoms with Crippen molar-refractivity contribution in [3.05, 3.63) is 0 Å². The molecule has 0 aromatic carbocycles. The molecule has 0 aromatic rings. The van der Waals surface area contributed by atoms with Crippen molar-refractivity contribution in [1.82, 2.24) is 0 Å². The first-order chi connectivity index (χ1) is 15.7. The molecular formula is C30H60O2. The Labute approximate surface area is 203 Å². The molecule has 2 unspecified atom stereocenters. The summed E-state index contributed by atoms with van der Waals surface area (Å²) in [6.45, 7) is 9.53. The Kier molecular flexibility index (Phi) is 24.7. The SMILES string of the molecule is CCCCCCCCCCCCC(C)C(=O)OCC(CCCCC)CCCCCCCC. The predicted molar refractivity (Wildman–Crippen MR) is 142 cm³/mol. The van der Waals surface area contributed by atoms with E-state index in [1.165, 1.54) is 135 Å². The third-order valence-corrected chi connectivity index (χ3v) is 7.04. The van der Waals surface area contributed by atoms with E-state index in [1.54, 1.807) is 0 Å². The fourth-order valence-corrected chi connectivity index (χ4v) is 4.61. The Morgan fingerprint density at radius 1 is 0.531 bits per heavy atom. The average Bonchev–Trinajstić information content (AvgIpc) is 2.80. The highest BCUT2D eigenvalue weighted by atomic mass is 16.5. The summed E-state index contributed by atoms with van der Waals surface area (Å²) in [5.74, 6) is 0.681. The summed E-state index contributed by atoms with van der Waals surface area (Å²) in [5.41, 5.74) is 0. The van der Waals surface area contributed by atoms with Crippen LogP contribution in [0.3, 0.4) is 0 Å². The van der Waals surface area contributed by atoms with Crippen molar-refractivity contribution in [2.24, 2.45) is 11.8 Å². The minimum absolute atomic E-state index is 0.0457. The van der Waals surface area contributed by atoms with Crippen LogP contribution in [0.4, 0.5) is 0 Å². The molecule has 0 rings (SSSR count). The molecule has 2 heteroatoms. The molecule has 0 aliphatic carbocycles. The van der Waals surface area contributed by atoms with Crippen molar-refractivity contribution in [1.29, 1.82) is 0 Å². The zero-order valence-electron chi connectivity index (χ0n) is 22.7. The normalized spacial score (nSPS) is 13.2. The lowest BCUT2D eigenvalue weighted by Crippen LogP contribution is -2.19. The first-order valence-corrected chi connectivity index (χ1v) is 14.8. The molecule has 0 amide bonds. The van der Waals surface area contributed by atoms with E-state index in [1.807, 2.05) is 0 Å². The van der Waals surface area contributed by atoms with Crippen LogP contribution < -0.4 is 0 Å². The van der Waals surface area contributed by atoms with Gasteiger partial charge >= 0.3 is 5.97 Å². The summed E-state index contributed by atoms with van der Waals surface area (Å²) in [6.07, 6.45) is 28.8. The van der Waals surface area contributed by atoms with Crippen LogP contribution in [-0.4, -0.2) is 12.6 Å². The van der Waals surface area contributed by atoms with Gasteiger partial charge in [0.1, 0.15) is 0 Å². The highest BCUT2D eigenvalue weighted by Crippen LogP contribution is 2.20. The van der Waals surface area contributed by atoms with Crippen molar-refractivity contribution in [3.63, 3.8) is 0 Å². The van der Waals surface area contributed by atoms with Gasteiger partial charge in [0, 0.05) is 0 Å². The topological polar surface area (TPSA) is 26.3 Å². The van der Waals surface area contributed by atoms with E-state index in [2.05, 4.69) is 27.7 Å². The molecule has 0 bridgehead atoms. The van der Waals surface area contributed by atoms with Crippen LogP contribution in [0.15, 0.2) is 0 Å². The molecule has 0 aliphatic heterocycles. The van der Waals surface area contributed by atoms with Gasteiger partial charge in [-0.15, -0.1) is 0 Å². The van der Waals surface area contributed by atoms with Crippen molar-refractivity contribution >= 4 is 5.97 Å². The van der Waals surface area contributed by atoms with Crippen LogP contribution in [0.2, 0.25) is 0 Å². The van der Waals surface area contributed by atoms with Gasteiger partial charge in [0.15, 0.2) is 0 Å². The van der Waals surface area contributed by atoms with Gasteiger partial charge < -0.3 is 4.74 Å². The van der Waals surface area contributed by atoms with E-state index in [-0.39, 0.29) is 11.9 Å². The molecule has 2 atom stereocenters. The number of hydrogen-bond donors (Lipinski definition) is 0. The first kappa shape index (κ1) is 31.5. The maximum Gasteiger partial charge on any atom is 0.308 e. The maximum atomic E-state index is 12.5. The Morgan fingerprint density at radius 3 is 1.34 bits per heavy atom. The van der Waals surface area contributed by atoms with Crippen LogP contribution in [0.1, 0.15) is 169 Å². The number of carbonyl (C=O) groups excluding carboxylic acids is 1. The fourth-order valence-electron chi connectivity index (χ4n) is 4.61. The number of unbranched alkanes of at least 4 members (excludes halogenated alkanes) is 16. The smallest absolute Gasteiger partial charge is 0.308 e. The van der Waals surface area contributed by atoms with Gasteiger partial charge in [0.05, 0.1) is 12.5 Å². The van der Waals surface area contributed by atoms with Gasteiger partial charge in [-0.05, 0) is 25.2 Å². The molecule has 0 aromatic heterocycles. The Balaban J connectivity index is 3.89. The monoisotopic (exact) mass is 452 g/mol. The molecular weight excluding hydrogens is 392 g/mol. The summed E-state index contributed by atoms with van der Waals surface area (Å²) < 4.78 is 5.80. The molecule has 0 spiro atoms. The van der Waals surface area contributed by atoms with Crippen LogP contribution in [0.5, 0.6) is 0 Å². The number of carbonyl (C=O) groups is 1. The number of rotatable bonds is 25. The van der Waals surface area contributed by atoms with Crippen molar-refractivity contribution in [3.8, 4) is 0 Å². The lowest BCUT2D eigenvalue weighted by atomic mass is 9.95. The molecule has 0 aliphatic rings.